The van der Waals surface area contributed by atoms with Crippen molar-refractivity contribution in [3.05, 3.63) is 53.7 Å². The zero-order chi connectivity index (χ0) is 16.3. The lowest BCUT2D eigenvalue weighted by molar-refractivity contribution is 0.249. The smallest absolute Gasteiger partial charge is 0.151 e. The fourth-order valence-electron chi connectivity index (χ4n) is 2.87. The topological polar surface area (TPSA) is 32.3 Å². The van der Waals surface area contributed by atoms with Crippen molar-refractivity contribution >= 4 is 5.82 Å². The number of benzene rings is 1. The van der Waals surface area contributed by atoms with Crippen molar-refractivity contribution in [3.8, 4) is 0 Å². The van der Waals surface area contributed by atoms with E-state index in [0.29, 0.717) is 0 Å². The van der Waals surface area contributed by atoms with Gasteiger partial charge in [-0.3, -0.25) is 4.90 Å². The third-order valence-corrected chi connectivity index (χ3v) is 4.36. The summed E-state index contributed by atoms with van der Waals surface area (Å²) in [5, 5.41) is 8.84. The molecular weight excluding hydrogens is 284 g/mol. The average molecular weight is 310 g/mol. The number of aromatic nitrogens is 2. The fourth-order valence-corrected chi connectivity index (χ4v) is 2.87. The summed E-state index contributed by atoms with van der Waals surface area (Å²) in [4.78, 5) is 4.84. The lowest BCUT2D eigenvalue weighted by Gasteiger charge is -2.35. The Morgan fingerprint density at radius 3 is 2.13 bits per heavy atom. The van der Waals surface area contributed by atoms with Gasteiger partial charge in [0.25, 0.3) is 0 Å². The van der Waals surface area contributed by atoms with Gasteiger partial charge in [0.05, 0.1) is 5.69 Å². The van der Waals surface area contributed by atoms with Crippen molar-refractivity contribution in [2.45, 2.75) is 32.7 Å². The maximum atomic E-state index is 4.44. The van der Waals surface area contributed by atoms with Crippen LogP contribution in [-0.4, -0.2) is 41.3 Å². The molecule has 3 rings (SSSR count). The first-order chi connectivity index (χ1) is 11.0. The van der Waals surface area contributed by atoms with Crippen LogP contribution in [0, 0.1) is 0 Å². The summed E-state index contributed by atoms with van der Waals surface area (Å²) in [6.45, 7) is 11.7. The van der Waals surface area contributed by atoms with Crippen LogP contribution in [0.2, 0.25) is 0 Å². The minimum Gasteiger partial charge on any atom is -0.353 e. The van der Waals surface area contributed by atoms with Crippen LogP contribution in [0.3, 0.4) is 0 Å². The molecule has 1 aliphatic heterocycles. The Kier molecular flexibility index (Phi) is 4.62. The van der Waals surface area contributed by atoms with Crippen LogP contribution in [0.15, 0.2) is 42.5 Å². The molecule has 0 bridgehead atoms. The van der Waals surface area contributed by atoms with Crippen molar-refractivity contribution in [1.82, 2.24) is 15.1 Å². The number of nitrogens with zero attached hydrogens (tertiary/aromatic N) is 4. The van der Waals surface area contributed by atoms with Gasteiger partial charge in [0.1, 0.15) is 0 Å². The van der Waals surface area contributed by atoms with Crippen molar-refractivity contribution in [2.75, 3.05) is 31.1 Å². The summed E-state index contributed by atoms with van der Waals surface area (Å²) in [5.74, 6) is 0.998. The molecule has 0 radical (unpaired) electrons. The number of anilines is 1. The Bertz CT molecular complexity index is 608. The molecule has 0 aliphatic carbocycles. The molecule has 0 amide bonds. The van der Waals surface area contributed by atoms with E-state index in [1.54, 1.807) is 0 Å². The van der Waals surface area contributed by atoms with Gasteiger partial charge < -0.3 is 4.90 Å². The average Bonchev–Trinajstić information content (AvgIpc) is 2.56. The summed E-state index contributed by atoms with van der Waals surface area (Å²) < 4.78 is 0. The van der Waals surface area contributed by atoms with Gasteiger partial charge in [0.2, 0.25) is 0 Å². The molecule has 2 heterocycles. The molecule has 1 fully saturated rings. The molecule has 0 unspecified atom stereocenters. The van der Waals surface area contributed by atoms with E-state index in [0.717, 1.165) is 44.2 Å². The molecule has 0 spiro atoms. The summed E-state index contributed by atoms with van der Waals surface area (Å²) in [5.41, 5.74) is 2.49. The van der Waals surface area contributed by atoms with Gasteiger partial charge >= 0.3 is 0 Å². The molecule has 1 aromatic heterocycles. The van der Waals surface area contributed by atoms with E-state index in [4.69, 9.17) is 0 Å². The molecule has 1 saturated heterocycles. The SMILES string of the molecule is CC(C)(C)c1ccc(N2CCN(Cc3ccccc3)CC2)nn1. The quantitative estimate of drug-likeness (QED) is 0.872. The first-order valence-corrected chi connectivity index (χ1v) is 8.38. The Hall–Kier alpha value is -1.94. The molecule has 1 aromatic carbocycles. The monoisotopic (exact) mass is 310 g/mol. The van der Waals surface area contributed by atoms with Crippen LogP contribution in [-0.2, 0) is 12.0 Å². The van der Waals surface area contributed by atoms with Gasteiger partial charge in [-0.25, -0.2) is 0 Å². The second-order valence-corrected chi connectivity index (χ2v) is 7.28. The molecule has 0 atom stereocenters. The third kappa shape index (κ3) is 4.08. The largest absolute Gasteiger partial charge is 0.353 e. The van der Waals surface area contributed by atoms with Crippen molar-refractivity contribution in [2.24, 2.45) is 0 Å². The van der Waals surface area contributed by atoms with Crippen LogP contribution in [0.5, 0.6) is 0 Å². The number of rotatable bonds is 3. The molecule has 1 aliphatic rings. The minimum atomic E-state index is 0.0555. The van der Waals surface area contributed by atoms with Crippen LogP contribution in [0.1, 0.15) is 32.0 Å². The molecular formula is C19H26N4. The highest BCUT2D eigenvalue weighted by Crippen LogP contribution is 2.21. The van der Waals surface area contributed by atoms with Gasteiger partial charge in [-0.1, -0.05) is 51.1 Å². The summed E-state index contributed by atoms with van der Waals surface area (Å²) in [6.07, 6.45) is 0. The Morgan fingerprint density at radius 2 is 1.57 bits per heavy atom. The predicted molar refractivity (Wildman–Crippen MR) is 94.7 cm³/mol. The van der Waals surface area contributed by atoms with Gasteiger partial charge in [-0.05, 0) is 17.7 Å². The first kappa shape index (κ1) is 15.9. The van der Waals surface area contributed by atoms with E-state index in [-0.39, 0.29) is 5.41 Å². The van der Waals surface area contributed by atoms with Crippen LogP contribution < -0.4 is 4.90 Å². The maximum Gasteiger partial charge on any atom is 0.151 e. The Morgan fingerprint density at radius 1 is 0.870 bits per heavy atom. The number of piperazine rings is 1. The van der Waals surface area contributed by atoms with Gasteiger partial charge in [-0.2, -0.15) is 5.10 Å². The molecule has 0 saturated carbocycles. The molecule has 0 N–H and O–H groups in total. The molecule has 2 aromatic rings. The van der Waals surface area contributed by atoms with E-state index >= 15 is 0 Å². The van der Waals surface area contributed by atoms with Crippen LogP contribution >= 0.6 is 0 Å². The standard InChI is InChI=1S/C19H26N4/c1-19(2,3)17-9-10-18(21-20-17)23-13-11-22(12-14-23)15-16-7-5-4-6-8-16/h4-10H,11-15H2,1-3H3. The summed E-state index contributed by atoms with van der Waals surface area (Å²) >= 11 is 0. The lowest BCUT2D eigenvalue weighted by Crippen LogP contribution is -2.46. The van der Waals surface area contributed by atoms with E-state index in [9.17, 15) is 0 Å². The van der Waals surface area contributed by atoms with Crippen molar-refractivity contribution in [3.63, 3.8) is 0 Å². The van der Waals surface area contributed by atoms with Crippen molar-refractivity contribution in [1.29, 1.82) is 0 Å². The normalized spacial score (nSPS) is 16.6. The zero-order valence-electron chi connectivity index (χ0n) is 14.4. The molecule has 4 heteroatoms. The maximum absolute atomic E-state index is 4.44. The highest BCUT2D eigenvalue weighted by Gasteiger charge is 2.20. The van der Waals surface area contributed by atoms with E-state index in [1.165, 1.54) is 5.56 Å². The second kappa shape index (κ2) is 6.67. The number of hydrogen-bond acceptors (Lipinski definition) is 4. The highest BCUT2D eigenvalue weighted by molar-refractivity contribution is 5.38. The lowest BCUT2D eigenvalue weighted by atomic mass is 9.92. The summed E-state index contributed by atoms with van der Waals surface area (Å²) in [7, 11) is 0. The fraction of sp³-hybridized carbons (Fsp3) is 0.474. The van der Waals surface area contributed by atoms with E-state index in [1.807, 2.05) is 0 Å². The Labute approximate surface area is 139 Å². The molecule has 4 nitrogen and oxygen atoms in total. The van der Waals surface area contributed by atoms with E-state index in [2.05, 4.69) is 83.2 Å². The van der Waals surface area contributed by atoms with E-state index < -0.39 is 0 Å². The predicted octanol–water partition coefficient (Wildman–Crippen LogP) is 3.10. The van der Waals surface area contributed by atoms with Crippen LogP contribution in [0.25, 0.3) is 0 Å². The third-order valence-electron chi connectivity index (χ3n) is 4.36. The van der Waals surface area contributed by atoms with Gasteiger partial charge in [0.15, 0.2) is 5.82 Å². The first-order valence-electron chi connectivity index (χ1n) is 8.38. The second-order valence-electron chi connectivity index (χ2n) is 7.28. The molecule has 122 valence electrons. The Balaban J connectivity index is 1.56. The molecule has 23 heavy (non-hydrogen) atoms. The van der Waals surface area contributed by atoms with Crippen molar-refractivity contribution < 1.29 is 0 Å². The zero-order valence-corrected chi connectivity index (χ0v) is 14.4. The van der Waals surface area contributed by atoms with Gasteiger partial charge in [-0.15, -0.1) is 5.10 Å². The van der Waals surface area contributed by atoms with Crippen LogP contribution in [0.4, 0.5) is 5.82 Å². The minimum absolute atomic E-state index is 0.0555. The highest BCUT2D eigenvalue weighted by atomic mass is 15.3. The number of hydrogen-bond donors (Lipinski definition) is 0. The summed E-state index contributed by atoms with van der Waals surface area (Å²) in [6, 6.07) is 14.9. The van der Waals surface area contributed by atoms with Gasteiger partial charge in [0, 0.05) is 38.1 Å².